The van der Waals surface area contributed by atoms with E-state index >= 15 is 0 Å². The Labute approximate surface area is 154 Å². The van der Waals surface area contributed by atoms with Gasteiger partial charge in [0.05, 0.1) is 10.6 Å². The average molecular weight is 370 g/mol. The predicted octanol–water partition coefficient (Wildman–Crippen LogP) is 2.89. The molecule has 0 aliphatic carbocycles. The van der Waals surface area contributed by atoms with Gasteiger partial charge in [-0.15, -0.1) is 0 Å². The molecule has 2 aromatic heterocycles. The Bertz CT molecular complexity index is 1030. The summed E-state index contributed by atoms with van der Waals surface area (Å²) in [6.07, 6.45) is 5.12. The summed E-state index contributed by atoms with van der Waals surface area (Å²) in [6, 6.07) is 7.57. The van der Waals surface area contributed by atoms with Crippen LogP contribution in [-0.2, 0) is 23.6 Å². The summed E-state index contributed by atoms with van der Waals surface area (Å²) >= 11 is 0. The Morgan fingerprint density at radius 2 is 1.77 bits per heavy atom. The number of hydrogen-bond acceptors (Lipinski definition) is 4. The number of pyridine rings is 1. The van der Waals surface area contributed by atoms with E-state index in [1.165, 1.54) is 0 Å². The highest BCUT2D eigenvalue weighted by molar-refractivity contribution is 7.89. The summed E-state index contributed by atoms with van der Waals surface area (Å²) in [5.41, 5.74) is 5.15. The SMILES string of the molecule is Cc1cc(C)c(S(=O)(=O)NCc2cncc(-c3ccnn3C)c2)c(C)c1. The van der Waals surface area contributed by atoms with Gasteiger partial charge in [0.25, 0.3) is 0 Å². The molecule has 0 saturated heterocycles. The molecule has 26 heavy (non-hydrogen) atoms. The fourth-order valence-electron chi connectivity index (χ4n) is 3.22. The second-order valence-corrected chi connectivity index (χ2v) is 8.18. The molecule has 6 nitrogen and oxygen atoms in total. The lowest BCUT2D eigenvalue weighted by molar-refractivity contribution is 0.580. The van der Waals surface area contributed by atoms with E-state index in [1.807, 2.05) is 52.1 Å². The van der Waals surface area contributed by atoms with Crippen LogP contribution in [0.5, 0.6) is 0 Å². The van der Waals surface area contributed by atoms with Crippen molar-refractivity contribution in [2.45, 2.75) is 32.2 Å². The summed E-state index contributed by atoms with van der Waals surface area (Å²) in [7, 11) is -1.75. The highest BCUT2D eigenvalue weighted by Gasteiger charge is 2.19. The van der Waals surface area contributed by atoms with Gasteiger partial charge in [0.15, 0.2) is 0 Å². The lowest BCUT2D eigenvalue weighted by Crippen LogP contribution is -2.25. The Morgan fingerprint density at radius 3 is 2.38 bits per heavy atom. The van der Waals surface area contributed by atoms with Crippen molar-refractivity contribution in [1.82, 2.24) is 19.5 Å². The van der Waals surface area contributed by atoms with Crippen LogP contribution in [0.25, 0.3) is 11.3 Å². The maximum absolute atomic E-state index is 12.8. The Balaban J connectivity index is 1.84. The number of aromatic nitrogens is 3. The smallest absolute Gasteiger partial charge is 0.241 e. The zero-order chi connectivity index (χ0) is 18.9. The second-order valence-electron chi connectivity index (χ2n) is 6.47. The molecule has 0 unspecified atom stereocenters. The van der Waals surface area contributed by atoms with E-state index in [0.29, 0.717) is 4.90 Å². The third-order valence-electron chi connectivity index (χ3n) is 4.25. The van der Waals surface area contributed by atoms with Gasteiger partial charge in [0.2, 0.25) is 10.0 Å². The van der Waals surface area contributed by atoms with Crippen molar-refractivity contribution in [2.75, 3.05) is 0 Å². The van der Waals surface area contributed by atoms with E-state index in [-0.39, 0.29) is 6.54 Å². The fourth-order valence-corrected chi connectivity index (χ4v) is 4.69. The molecule has 0 fully saturated rings. The van der Waals surface area contributed by atoms with Crippen LogP contribution in [0.1, 0.15) is 22.3 Å². The molecule has 7 heteroatoms. The number of hydrogen-bond donors (Lipinski definition) is 1. The minimum absolute atomic E-state index is 0.174. The van der Waals surface area contributed by atoms with E-state index in [9.17, 15) is 8.42 Å². The Morgan fingerprint density at radius 1 is 1.08 bits per heavy atom. The molecule has 3 rings (SSSR count). The van der Waals surface area contributed by atoms with Crippen molar-refractivity contribution in [1.29, 1.82) is 0 Å². The Kier molecular flexibility index (Phi) is 4.93. The molecule has 0 atom stereocenters. The first-order valence-electron chi connectivity index (χ1n) is 8.28. The lowest BCUT2D eigenvalue weighted by Gasteiger charge is -2.13. The summed E-state index contributed by atoms with van der Waals surface area (Å²) < 4.78 is 30.0. The van der Waals surface area contributed by atoms with Crippen molar-refractivity contribution in [3.8, 4) is 11.3 Å². The standard InChI is InChI=1S/C19H22N4O2S/c1-13-7-14(2)19(15(3)8-13)26(24,25)22-11-16-9-17(12-20-10-16)18-5-6-21-23(18)4/h5-10,12,22H,11H2,1-4H3. The number of aryl methyl sites for hydroxylation is 4. The molecule has 0 aliphatic heterocycles. The second kappa shape index (κ2) is 7.01. The van der Waals surface area contributed by atoms with Crippen LogP contribution in [0.4, 0.5) is 0 Å². The zero-order valence-corrected chi connectivity index (χ0v) is 16.1. The molecule has 1 N–H and O–H groups in total. The predicted molar refractivity (Wildman–Crippen MR) is 101 cm³/mol. The maximum atomic E-state index is 12.8. The fraction of sp³-hybridized carbons (Fsp3) is 0.263. The van der Waals surface area contributed by atoms with Gasteiger partial charge in [-0.1, -0.05) is 17.7 Å². The van der Waals surface area contributed by atoms with E-state index in [2.05, 4.69) is 14.8 Å². The molecule has 0 bridgehead atoms. The van der Waals surface area contributed by atoms with Crippen molar-refractivity contribution in [3.63, 3.8) is 0 Å². The summed E-state index contributed by atoms with van der Waals surface area (Å²) in [6.45, 7) is 5.77. The monoisotopic (exact) mass is 370 g/mol. The number of nitrogens with zero attached hydrogens (tertiary/aromatic N) is 3. The van der Waals surface area contributed by atoms with Gasteiger partial charge in [-0.05, 0) is 49.6 Å². The molecule has 0 amide bonds. The molecule has 0 spiro atoms. The van der Waals surface area contributed by atoms with E-state index in [1.54, 1.807) is 23.3 Å². The minimum atomic E-state index is -3.61. The highest BCUT2D eigenvalue weighted by atomic mass is 32.2. The number of benzene rings is 1. The van der Waals surface area contributed by atoms with Gasteiger partial charge in [0, 0.05) is 37.7 Å². The molecule has 3 aromatic rings. The van der Waals surface area contributed by atoms with Crippen molar-refractivity contribution in [3.05, 3.63) is 65.1 Å². The van der Waals surface area contributed by atoms with Gasteiger partial charge >= 0.3 is 0 Å². The molecule has 136 valence electrons. The molecular weight excluding hydrogens is 348 g/mol. The van der Waals surface area contributed by atoms with Crippen LogP contribution in [0.2, 0.25) is 0 Å². The van der Waals surface area contributed by atoms with Crippen LogP contribution in [-0.4, -0.2) is 23.2 Å². The highest BCUT2D eigenvalue weighted by Crippen LogP contribution is 2.22. The van der Waals surface area contributed by atoms with Crippen LogP contribution in [0, 0.1) is 20.8 Å². The number of nitrogens with one attached hydrogen (secondary N) is 1. The van der Waals surface area contributed by atoms with Crippen molar-refractivity contribution < 1.29 is 8.42 Å². The van der Waals surface area contributed by atoms with E-state index in [4.69, 9.17) is 0 Å². The van der Waals surface area contributed by atoms with Crippen LogP contribution >= 0.6 is 0 Å². The topological polar surface area (TPSA) is 76.9 Å². The molecule has 0 saturated carbocycles. The van der Waals surface area contributed by atoms with Gasteiger partial charge in [-0.3, -0.25) is 9.67 Å². The molecule has 0 aliphatic rings. The minimum Gasteiger partial charge on any atom is -0.268 e. The summed E-state index contributed by atoms with van der Waals surface area (Å²) in [4.78, 5) is 4.57. The lowest BCUT2D eigenvalue weighted by atomic mass is 10.1. The largest absolute Gasteiger partial charge is 0.268 e. The van der Waals surface area contributed by atoms with Crippen molar-refractivity contribution >= 4 is 10.0 Å². The first-order valence-corrected chi connectivity index (χ1v) is 9.76. The van der Waals surface area contributed by atoms with Gasteiger partial charge in [0.1, 0.15) is 0 Å². The third kappa shape index (κ3) is 3.68. The quantitative estimate of drug-likeness (QED) is 0.749. The van der Waals surface area contributed by atoms with Crippen molar-refractivity contribution in [2.24, 2.45) is 7.05 Å². The first kappa shape index (κ1) is 18.3. The molecule has 2 heterocycles. The number of sulfonamides is 1. The molecular formula is C19H22N4O2S. The average Bonchev–Trinajstić information content (AvgIpc) is 2.98. The summed E-state index contributed by atoms with van der Waals surface area (Å²) in [5, 5.41) is 4.15. The first-order chi connectivity index (χ1) is 12.3. The summed E-state index contributed by atoms with van der Waals surface area (Å²) in [5.74, 6) is 0. The van der Waals surface area contributed by atoms with E-state index in [0.717, 1.165) is 33.5 Å². The third-order valence-corrected chi connectivity index (χ3v) is 5.96. The van der Waals surface area contributed by atoms with Crippen LogP contribution < -0.4 is 4.72 Å². The van der Waals surface area contributed by atoms with Gasteiger partial charge < -0.3 is 0 Å². The number of rotatable bonds is 5. The van der Waals surface area contributed by atoms with Crippen LogP contribution in [0.15, 0.2) is 47.8 Å². The molecule has 0 radical (unpaired) electrons. The Hall–Kier alpha value is -2.51. The van der Waals surface area contributed by atoms with Gasteiger partial charge in [-0.25, -0.2) is 13.1 Å². The normalized spacial score (nSPS) is 11.7. The van der Waals surface area contributed by atoms with Gasteiger partial charge in [-0.2, -0.15) is 5.10 Å². The van der Waals surface area contributed by atoms with E-state index < -0.39 is 10.0 Å². The molecule has 1 aromatic carbocycles. The zero-order valence-electron chi connectivity index (χ0n) is 15.3. The maximum Gasteiger partial charge on any atom is 0.241 e. The van der Waals surface area contributed by atoms with Crippen LogP contribution in [0.3, 0.4) is 0 Å².